The molecule has 0 aromatic rings. The Hall–Kier alpha value is -0.640. The molecule has 2 N–H and O–H groups in total. The average molecular weight is 242 g/mol. The normalized spacial score (nSPS) is 17.2. The van der Waals surface area contributed by atoms with E-state index in [1.54, 1.807) is 0 Å². The number of carbonyl (C=O) groups excluding carboxylic acids is 1. The predicted octanol–water partition coefficient (Wildman–Crippen LogP) is 1.95. The lowest BCUT2D eigenvalue weighted by Gasteiger charge is -2.27. The number of nitrogens with two attached hydrogens (primary N) is 1. The molecule has 1 aliphatic carbocycles. The number of nitrogens with zero attached hydrogens (tertiary/aromatic N) is 1. The van der Waals surface area contributed by atoms with Gasteiger partial charge in [-0.2, -0.15) is 0 Å². The van der Waals surface area contributed by atoms with Crippen LogP contribution in [0, 0.1) is 11.8 Å². The Morgan fingerprint density at radius 1 is 1.44 bits per heavy atom. The van der Waals surface area contributed by atoms with Gasteiger partial charge in [0.25, 0.3) is 0 Å². The van der Waals surface area contributed by atoms with E-state index < -0.39 is 0 Å². The van der Waals surface area contributed by atoms with E-state index in [0.29, 0.717) is 29.9 Å². The highest BCUT2D eigenvalue weighted by Crippen LogP contribution is 2.29. The Morgan fingerprint density at radius 2 is 2.00 bits per heavy atom. The maximum atomic E-state index is 12.2. The second-order valence-corrected chi connectivity index (χ2v) is 5.54. The number of hydrogen-bond acceptors (Lipinski definition) is 2. The van der Waals surface area contributed by atoms with Crippen molar-refractivity contribution in [2.45, 2.75) is 46.1 Å². The highest BCUT2D eigenvalue weighted by Gasteiger charge is 2.34. The fourth-order valence-electron chi connectivity index (χ4n) is 1.64. The Labute approximate surface area is 103 Å². The van der Waals surface area contributed by atoms with Gasteiger partial charge in [-0.1, -0.05) is 33.0 Å². The maximum absolute atomic E-state index is 12.2. The summed E-state index contributed by atoms with van der Waals surface area (Å²) >= 11 is 4.86. The average Bonchev–Trinajstić information content (AvgIpc) is 3.00. The number of thiocarbonyl (C=S) groups is 1. The molecule has 1 rings (SSSR count). The van der Waals surface area contributed by atoms with E-state index in [1.807, 2.05) is 11.8 Å². The third kappa shape index (κ3) is 3.74. The fourth-order valence-corrected chi connectivity index (χ4v) is 1.73. The van der Waals surface area contributed by atoms with Crippen LogP contribution in [0.3, 0.4) is 0 Å². The zero-order valence-corrected chi connectivity index (χ0v) is 11.2. The molecular formula is C12H22N2OS. The summed E-state index contributed by atoms with van der Waals surface area (Å²) in [7, 11) is 0. The van der Waals surface area contributed by atoms with Gasteiger partial charge in [0.15, 0.2) is 0 Å². The number of carbonyl (C=O) groups is 1. The third-order valence-electron chi connectivity index (χ3n) is 3.26. The molecule has 92 valence electrons. The Morgan fingerprint density at radius 3 is 2.38 bits per heavy atom. The van der Waals surface area contributed by atoms with Gasteiger partial charge < -0.3 is 10.6 Å². The quantitative estimate of drug-likeness (QED) is 0.724. The first kappa shape index (κ1) is 13.4. The largest absolute Gasteiger partial charge is 0.393 e. The molecule has 1 atom stereocenters. The molecule has 0 spiro atoms. The van der Waals surface area contributed by atoms with Crippen molar-refractivity contribution >= 4 is 23.1 Å². The molecule has 1 fully saturated rings. The van der Waals surface area contributed by atoms with Crippen LogP contribution in [-0.2, 0) is 4.79 Å². The second kappa shape index (κ2) is 5.62. The number of hydrogen-bond donors (Lipinski definition) is 1. The van der Waals surface area contributed by atoms with E-state index >= 15 is 0 Å². The Bertz CT molecular complexity index is 274. The Balaban J connectivity index is 2.55. The van der Waals surface area contributed by atoms with Gasteiger partial charge in [-0.05, 0) is 18.8 Å². The van der Waals surface area contributed by atoms with E-state index in [2.05, 4.69) is 13.8 Å². The van der Waals surface area contributed by atoms with Crippen LogP contribution in [0.1, 0.15) is 40.0 Å². The van der Waals surface area contributed by atoms with Crippen LogP contribution in [0.2, 0.25) is 0 Å². The van der Waals surface area contributed by atoms with Crippen LogP contribution < -0.4 is 5.73 Å². The molecule has 16 heavy (non-hydrogen) atoms. The molecular weight excluding hydrogens is 220 g/mol. The fraction of sp³-hybridized carbons (Fsp3) is 0.833. The zero-order valence-electron chi connectivity index (χ0n) is 10.4. The summed E-state index contributed by atoms with van der Waals surface area (Å²) in [6.07, 6.45) is 2.91. The molecule has 3 nitrogen and oxygen atoms in total. The molecule has 0 saturated heterocycles. The topological polar surface area (TPSA) is 46.3 Å². The van der Waals surface area contributed by atoms with Crippen LogP contribution in [0.25, 0.3) is 0 Å². The van der Waals surface area contributed by atoms with Crippen molar-refractivity contribution in [1.29, 1.82) is 0 Å². The lowest BCUT2D eigenvalue weighted by molar-refractivity contribution is -0.136. The minimum atomic E-state index is 0.0898. The van der Waals surface area contributed by atoms with Gasteiger partial charge in [-0.25, -0.2) is 0 Å². The lowest BCUT2D eigenvalue weighted by atomic mass is 9.96. The van der Waals surface area contributed by atoms with Gasteiger partial charge in [-0.15, -0.1) is 0 Å². The van der Waals surface area contributed by atoms with Crippen molar-refractivity contribution in [3.05, 3.63) is 0 Å². The first-order valence-electron chi connectivity index (χ1n) is 6.02. The van der Waals surface area contributed by atoms with Crippen LogP contribution >= 0.6 is 12.2 Å². The highest BCUT2D eigenvalue weighted by molar-refractivity contribution is 7.80. The minimum Gasteiger partial charge on any atom is -0.393 e. The van der Waals surface area contributed by atoms with Gasteiger partial charge in [-0.3, -0.25) is 4.79 Å². The zero-order chi connectivity index (χ0) is 12.3. The van der Waals surface area contributed by atoms with E-state index in [4.69, 9.17) is 18.0 Å². The molecule has 0 radical (unpaired) electrons. The summed E-state index contributed by atoms with van der Waals surface area (Å²) < 4.78 is 0. The van der Waals surface area contributed by atoms with Gasteiger partial charge in [0.05, 0.1) is 4.99 Å². The summed E-state index contributed by atoms with van der Waals surface area (Å²) in [4.78, 5) is 14.7. The van der Waals surface area contributed by atoms with Crippen molar-refractivity contribution < 1.29 is 4.79 Å². The first-order chi connectivity index (χ1) is 7.43. The van der Waals surface area contributed by atoms with Gasteiger partial charge in [0.2, 0.25) is 5.91 Å². The molecule has 0 bridgehead atoms. The number of rotatable bonds is 6. The molecule has 1 unspecified atom stereocenters. The van der Waals surface area contributed by atoms with Crippen molar-refractivity contribution in [3.63, 3.8) is 0 Å². The third-order valence-corrected chi connectivity index (χ3v) is 3.46. The second-order valence-electron chi connectivity index (χ2n) is 5.01. The summed E-state index contributed by atoms with van der Waals surface area (Å²) in [6, 6.07) is 0.447. The smallest absolute Gasteiger partial charge is 0.225 e. The first-order valence-corrected chi connectivity index (χ1v) is 6.43. The van der Waals surface area contributed by atoms with Gasteiger partial charge >= 0.3 is 0 Å². The van der Waals surface area contributed by atoms with E-state index in [-0.39, 0.29) is 11.8 Å². The molecule has 1 saturated carbocycles. The molecule has 4 heteroatoms. The minimum absolute atomic E-state index is 0.0898. The van der Waals surface area contributed by atoms with Crippen LogP contribution in [0.5, 0.6) is 0 Å². The monoisotopic (exact) mass is 242 g/mol. The molecule has 1 aliphatic rings. The maximum Gasteiger partial charge on any atom is 0.225 e. The molecule has 0 heterocycles. The highest BCUT2D eigenvalue weighted by atomic mass is 32.1. The molecule has 0 aromatic carbocycles. The molecule has 1 amide bonds. The summed E-state index contributed by atoms with van der Waals surface area (Å²) in [6.45, 7) is 6.86. The van der Waals surface area contributed by atoms with Gasteiger partial charge in [0, 0.05) is 24.9 Å². The molecule has 0 aliphatic heterocycles. The number of amides is 1. The van der Waals surface area contributed by atoms with Crippen LogP contribution in [-0.4, -0.2) is 28.4 Å². The SMILES string of the molecule is CC(C)C(C)C(=O)N(CCC(N)=S)C1CC1. The van der Waals surface area contributed by atoms with Crippen molar-refractivity contribution in [1.82, 2.24) is 4.90 Å². The Kier molecular flexibility index (Phi) is 4.71. The van der Waals surface area contributed by atoms with E-state index in [9.17, 15) is 4.79 Å². The van der Waals surface area contributed by atoms with Crippen molar-refractivity contribution in [2.24, 2.45) is 17.6 Å². The van der Waals surface area contributed by atoms with Gasteiger partial charge in [0.1, 0.15) is 0 Å². The van der Waals surface area contributed by atoms with Crippen molar-refractivity contribution in [3.8, 4) is 0 Å². The lowest BCUT2D eigenvalue weighted by Crippen LogP contribution is -2.40. The summed E-state index contributed by atoms with van der Waals surface area (Å²) in [5, 5.41) is 0. The van der Waals surface area contributed by atoms with E-state index in [1.165, 1.54) is 0 Å². The van der Waals surface area contributed by atoms with E-state index in [0.717, 1.165) is 12.8 Å². The van der Waals surface area contributed by atoms with Crippen LogP contribution in [0.15, 0.2) is 0 Å². The molecule has 0 aromatic heterocycles. The summed E-state index contributed by atoms with van der Waals surface area (Å²) in [5.41, 5.74) is 5.49. The van der Waals surface area contributed by atoms with Crippen molar-refractivity contribution in [2.75, 3.05) is 6.54 Å². The standard InChI is InChI=1S/C12H22N2OS/c1-8(2)9(3)12(15)14(10-4-5-10)7-6-11(13)16/h8-10H,4-7H2,1-3H3,(H2,13,16). The summed E-state index contributed by atoms with van der Waals surface area (Å²) in [5.74, 6) is 0.735. The van der Waals surface area contributed by atoms with Crippen LogP contribution in [0.4, 0.5) is 0 Å². The predicted molar refractivity (Wildman–Crippen MR) is 70.1 cm³/mol.